The molecule has 32 heteroatoms. The summed E-state index contributed by atoms with van der Waals surface area (Å²) >= 11 is 18.6. The number of aromatic nitrogens is 5. The fourth-order valence-electron chi connectivity index (χ4n) is 10.5. The maximum Gasteiger partial charge on any atom is 0.573 e. The van der Waals surface area contributed by atoms with Gasteiger partial charge in [0.2, 0.25) is 0 Å². The topological polar surface area (TPSA) is 259 Å². The number of carbonyl (C=O) groups is 5. The lowest BCUT2D eigenvalue weighted by Crippen LogP contribution is -2.44. The van der Waals surface area contributed by atoms with Crippen LogP contribution in [0.4, 0.5) is 36.2 Å². The van der Waals surface area contributed by atoms with Crippen LogP contribution in [0.3, 0.4) is 0 Å². The van der Waals surface area contributed by atoms with Crippen molar-refractivity contribution >= 4 is 132 Å². The first-order valence-electron chi connectivity index (χ1n) is 40.6. The molecule has 686 valence electrons. The Morgan fingerprint density at radius 2 is 0.885 bits per heavy atom. The summed E-state index contributed by atoms with van der Waals surface area (Å²) < 4.78 is 43.5. The Morgan fingerprint density at radius 1 is 0.435 bits per heavy atom. The molecule has 22 nitrogen and oxygen atoms in total. The molecule has 0 bridgehead atoms. The Bertz CT molecular complexity index is 5630. The number of halogens is 5. The van der Waals surface area contributed by atoms with E-state index in [9.17, 15) is 37.1 Å². The van der Waals surface area contributed by atoms with Gasteiger partial charge in [-0.15, -0.1) is 69.9 Å². The van der Waals surface area contributed by atoms with Crippen LogP contribution in [0.1, 0.15) is 119 Å². The van der Waals surface area contributed by atoms with Crippen molar-refractivity contribution in [1.82, 2.24) is 50.8 Å². The van der Waals surface area contributed by atoms with Crippen LogP contribution >= 0.6 is 79.9 Å². The molecule has 5 amide bonds. The minimum atomic E-state index is -4.60. The molecule has 0 unspecified atom stereocenters. The zero-order valence-corrected chi connectivity index (χ0v) is 81.2. The second-order valence-electron chi connectivity index (χ2n) is 28.4. The van der Waals surface area contributed by atoms with E-state index in [-0.39, 0.29) is 35.3 Å². The van der Waals surface area contributed by atoms with Gasteiger partial charge in [0, 0.05) is 105 Å². The van der Waals surface area contributed by atoms with E-state index in [4.69, 9.17) is 33.8 Å². The Kier molecular flexibility index (Phi) is 46.4. The normalized spacial score (nSPS) is 9.97. The third-order valence-corrected chi connectivity index (χ3v) is 22.7. The van der Waals surface area contributed by atoms with Crippen molar-refractivity contribution < 1.29 is 46.6 Å². The van der Waals surface area contributed by atoms with Crippen LogP contribution < -0.4 is 47.0 Å². The van der Waals surface area contributed by atoms with Crippen LogP contribution in [-0.4, -0.2) is 111 Å². The summed E-state index contributed by atoms with van der Waals surface area (Å²) in [5.41, 5.74) is 21.0. The molecule has 0 saturated carbocycles. The van der Waals surface area contributed by atoms with E-state index in [0.717, 1.165) is 78.3 Å². The molecule has 5 aromatic carbocycles. The van der Waals surface area contributed by atoms with E-state index < -0.39 is 6.36 Å². The minimum absolute atomic E-state index is 0.00870. The van der Waals surface area contributed by atoms with Gasteiger partial charge in [-0.2, -0.15) is 0 Å². The first-order chi connectivity index (χ1) is 62.5. The highest BCUT2D eigenvalue weighted by molar-refractivity contribution is 7.15. The highest BCUT2D eigenvalue weighted by atomic mass is 35.5. The molecular formula is C99H108Cl2F3N15O7S5. The summed E-state index contributed by atoms with van der Waals surface area (Å²) in [7, 11) is 6.94. The second kappa shape index (κ2) is 57.0. The molecule has 0 atom stereocenters. The van der Waals surface area contributed by atoms with Crippen molar-refractivity contribution in [2.24, 2.45) is 5.84 Å². The number of benzene rings is 5. The van der Waals surface area contributed by atoms with E-state index in [1.807, 2.05) is 248 Å². The Hall–Kier alpha value is -13.2. The zero-order valence-electron chi connectivity index (χ0n) is 75.6. The summed E-state index contributed by atoms with van der Waals surface area (Å²) in [6.45, 7) is 25.1. The molecule has 10 heterocycles. The number of nitrogens with zero attached hydrogens (tertiary/aromatic N) is 10. The number of alkyl halides is 3. The maximum absolute atomic E-state index is 12.4. The number of nitrogens with one attached hydrogen (secondary N) is 4. The predicted octanol–water partition coefficient (Wildman–Crippen LogP) is 24.4. The molecule has 15 aromatic rings. The highest BCUT2D eigenvalue weighted by Crippen LogP contribution is 2.26. The number of carbonyl (C=O) groups excluding carboxylic acids is 5. The number of hydrazine groups is 5. The maximum atomic E-state index is 12.4. The number of nitrogens with two attached hydrogens (primary N) is 1. The van der Waals surface area contributed by atoms with Gasteiger partial charge in [-0.3, -0.25) is 85.7 Å². The van der Waals surface area contributed by atoms with E-state index in [0.29, 0.717) is 33.5 Å². The highest BCUT2D eigenvalue weighted by Gasteiger charge is 2.31. The Morgan fingerprint density at radius 3 is 1.30 bits per heavy atom. The lowest BCUT2D eigenvalue weighted by Gasteiger charge is -2.31. The van der Waals surface area contributed by atoms with Crippen molar-refractivity contribution in [2.75, 3.05) is 55.7 Å². The van der Waals surface area contributed by atoms with Crippen LogP contribution in [-0.2, 0) is 6.54 Å². The quantitative estimate of drug-likeness (QED) is 0.0304. The lowest BCUT2D eigenvalue weighted by molar-refractivity contribution is -0.274. The number of thiophene rings is 5. The lowest BCUT2D eigenvalue weighted by atomic mass is 10.2. The number of hydrogen-bond acceptors (Lipinski definition) is 22. The van der Waals surface area contributed by atoms with Crippen molar-refractivity contribution in [1.29, 1.82) is 0 Å². The number of rotatable bonds is 18. The average molecular weight is 1910 g/mol. The number of ether oxygens (including phenoxy) is 2. The first kappa shape index (κ1) is 107. The van der Waals surface area contributed by atoms with E-state index in [1.54, 1.807) is 125 Å². The third kappa shape index (κ3) is 41.9. The fourth-order valence-corrected chi connectivity index (χ4v) is 14.8. The molecule has 6 N–H and O–H groups in total. The molecule has 0 fully saturated rings. The van der Waals surface area contributed by atoms with Gasteiger partial charge in [0.05, 0.1) is 55.6 Å². The molecule has 131 heavy (non-hydrogen) atoms. The van der Waals surface area contributed by atoms with E-state index in [2.05, 4.69) is 96.4 Å². The van der Waals surface area contributed by atoms with E-state index in [1.165, 1.54) is 107 Å². The smallest absolute Gasteiger partial charge is 0.497 e. The molecule has 10 aromatic heterocycles. The molecule has 0 aliphatic rings. The summed E-state index contributed by atoms with van der Waals surface area (Å²) in [5.74, 6) is 7.42. The summed E-state index contributed by atoms with van der Waals surface area (Å²) in [5, 5.41) is 9.45. The van der Waals surface area contributed by atoms with Gasteiger partial charge < -0.3 is 9.47 Å². The molecule has 0 aliphatic heterocycles. The SMILES string of the molecule is CCN(c1ccccn1)N(C)C(=O)c1ccc(C)s1.COc1ccc(C)cc1.Cc1ccc(C(=O)N(C)Nc2cccnc2)s1.Cc1ccc(C(=O)N(N)Cc2ccncc2)s1.Cc1ccc(C(=O)NN(C)c2ccncc2)s1.Cc1ccc(C(=O)NNc2ccccn2)s1.Cc1ccc(C)cc1.Cc1ccc(Cl)cc1.Cc1ccc(OC(F)(F)F)cc1.Cc1cccc(Cl)c1. The molecule has 0 radical (unpaired) electrons. The average Bonchev–Trinajstić information content (AvgIpc) is 1.75. The second-order valence-corrected chi connectivity index (χ2v) is 35.7. The van der Waals surface area contributed by atoms with Gasteiger partial charge in [0.25, 0.3) is 29.5 Å². The summed E-state index contributed by atoms with van der Waals surface area (Å²) in [6, 6.07) is 78.6. The van der Waals surface area contributed by atoms with E-state index >= 15 is 0 Å². The van der Waals surface area contributed by atoms with Crippen molar-refractivity contribution in [2.45, 2.75) is 96.0 Å². The van der Waals surface area contributed by atoms with Crippen molar-refractivity contribution in [3.8, 4) is 11.5 Å². The molecule has 0 aliphatic carbocycles. The van der Waals surface area contributed by atoms with Crippen LogP contribution in [0.5, 0.6) is 11.5 Å². The monoisotopic (exact) mass is 1910 g/mol. The Balaban J connectivity index is 0.000000227. The minimum Gasteiger partial charge on any atom is -0.497 e. The molecule has 0 spiro atoms. The van der Waals surface area contributed by atoms with Crippen LogP contribution in [0.15, 0.2) is 304 Å². The number of pyridine rings is 5. The van der Waals surface area contributed by atoms with Gasteiger partial charge in [0.1, 0.15) is 23.1 Å². The van der Waals surface area contributed by atoms with Gasteiger partial charge in [0.15, 0.2) is 0 Å². The third-order valence-electron chi connectivity index (χ3n) is 17.3. The van der Waals surface area contributed by atoms with Crippen LogP contribution in [0.25, 0.3) is 0 Å². The molecular weight excluding hydrogens is 1800 g/mol. The van der Waals surface area contributed by atoms with Gasteiger partial charge in [-0.05, 0) is 264 Å². The summed E-state index contributed by atoms with van der Waals surface area (Å²) in [6.07, 6.45) is 8.89. The zero-order chi connectivity index (χ0) is 95.8. The Labute approximate surface area is 795 Å². The standard InChI is InChI=1S/C14H17N3OS.3C12H13N3OS.C11H11N3OS.C8H7F3O.C8H10O.C8H10.2C7H7Cl/c1-4-17(13-7-5-6-10-15-13)16(3)14(18)12-9-8-11(2)19-12;1-9-3-4-11(17-9)12(16)14-15(2)10-5-7-13-8-6-10;1-9-5-6-11(17-9)12(16)15(2)14-10-4-3-7-13-8-10;1-9-2-3-11(17-9)12(16)15(13)8-10-4-6-14-7-5-10;1-8-5-6-9(16-8)11(15)14-13-10-4-2-3-7-12-10;1-6-2-4-7(5-3-6)12-8(9,10)11;1-7-3-5-8(9-2)6-4-7;1-7-3-5-8(2)6-4-7;1-6-2-4-7(8)5-3-6;1-6-3-2-4-7(8)5-6/h5-10H,4H2,1-3H3;3-8H,1-2H3,(H,14,16);3-8,14H,1-2H3;2-7H,8,13H2,1H3;2-7H,1H3,(H,12,13)(H,14,15);2-5H,1H3;3-6H,1-2H3;3-6H,1-2H3;2*2-5H,1H3. The number of anilines is 4. The number of amides is 5. The summed E-state index contributed by atoms with van der Waals surface area (Å²) in [4.78, 5) is 89.2. The van der Waals surface area contributed by atoms with Crippen LogP contribution in [0.2, 0.25) is 10.0 Å². The van der Waals surface area contributed by atoms with Crippen LogP contribution in [0, 0.1) is 76.2 Å². The van der Waals surface area contributed by atoms with Gasteiger partial charge in [-0.1, -0.05) is 136 Å². The first-order valence-corrected chi connectivity index (χ1v) is 45.4. The van der Waals surface area contributed by atoms with Crippen molar-refractivity contribution in [3.05, 3.63) is 402 Å². The number of methoxy groups -OCH3 is 1. The van der Waals surface area contributed by atoms with Gasteiger partial charge >= 0.3 is 6.36 Å². The molecule has 0 saturated heterocycles. The predicted molar refractivity (Wildman–Crippen MR) is 532 cm³/mol. The number of hydrogen-bond donors (Lipinski definition) is 5. The van der Waals surface area contributed by atoms with Crippen molar-refractivity contribution in [3.63, 3.8) is 0 Å². The fraction of sp³-hybridized carbons (Fsp3) is 0.192. The number of aryl methyl sites for hydroxylation is 11. The van der Waals surface area contributed by atoms with Gasteiger partial charge in [-0.25, -0.2) is 15.8 Å². The molecule has 15 rings (SSSR count). The largest absolute Gasteiger partial charge is 0.573 e.